The van der Waals surface area contributed by atoms with Crippen LogP contribution in [-0.4, -0.2) is 158 Å². The highest BCUT2D eigenvalue weighted by molar-refractivity contribution is 5.85. The van der Waals surface area contributed by atoms with Crippen molar-refractivity contribution in [2.75, 3.05) is 46.8 Å². The number of fused-ring (bicyclic) bond motifs is 1. The maximum absolute atomic E-state index is 11.6. The van der Waals surface area contributed by atoms with E-state index in [4.69, 9.17) is 77.3 Å². The molecule has 2 heterocycles. The van der Waals surface area contributed by atoms with Crippen molar-refractivity contribution in [3.63, 3.8) is 0 Å². The highest BCUT2D eigenvalue weighted by atomic mass is 16.7. The first-order chi connectivity index (χ1) is 34.7. The van der Waals surface area contributed by atoms with Crippen molar-refractivity contribution in [3.05, 3.63) is 54.2 Å². The van der Waals surface area contributed by atoms with Gasteiger partial charge in [-0.15, -0.1) is 0 Å². The summed E-state index contributed by atoms with van der Waals surface area (Å²) in [5.41, 5.74) is 33.9. The lowest BCUT2D eigenvalue weighted by molar-refractivity contribution is -0.454. The Hall–Kier alpha value is -8.34. The minimum Gasteiger partial charge on any atom is -0.481 e. The van der Waals surface area contributed by atoms with Gasteiger partial charge in [0, 0.05) is 110 Å². The summed E-state index contributed by atoms with van der Waals surface area (Å²) in [7, 11) is 3.31. The number of aromatic nitrogens is 3. The normalized spacial score (nSPS) is 8.64. The highest BCUT2D eigenvalue weighted by Crippen LogP contribution is 2.15. The number of nitrogens with one attached hydrogen (secondary N) is 6. The Morgan fingerprint density at radius 3 is 1.35 bits per heavy atom. The lowest BCUT2D eigenvalue weighted by Gasteiger charge is -2.18. The number of aryl methyl sites for hydroxylation is 2. The highest BCUT2D eigenvalue weighted by Gasteiger charge is 2.19. The number of Topliss-reactive ketones (excluding diaryl/α,β-unsaturated/α-hetero) is 1. The number of para-hydroxylation sites is 1. The minimum absolute atomic E-state index is 0.00970. The summed E-state index contributed by atoms with van der Waals surface area (Å²) in [6, 6.07) is 8.31. The van der Waals surface area contributed by atoms with Gasteiger partial charge in [-0.2, -0.15) is 5.48 Å². The summed E-state index contributed by atoms with van der Waals surface area (Å²) in [6.45, 7) is 23.1. The molecule has 0 saturated carbocycles. The van der Waals surface area contributed by atoms with Crippen LogP contribution in [-0.2, 0) is 43.2 Å². The second kappa shape index (κ2) is 63.7. The summed E-state index contributed by atoms with van der Waals surface area (Å²) in [5, 5.41) is 41.0. The molecular formula is C46H93N14O15+3. The molecule has 0 aliphatic carbocycles. The van der Waals surface area contributed by atoms with Gasteiger partial charge in [0.2, 0.25) is 11.8 Å². The second-order valence-corrected chi connectivity index (χ2v) is 13.7. The number of nitrogens with two attached hydrogens (primary N) is 5. The third-order valence-electron chi connectivity index (χ3n) is 6.36. The molecule has 3 aromatic rings. The van der Waals surface area contributed by atoms with Crippen LogP contribution in [0.1, 0.15) is 107 Å². The molecule has 0 aliphatic rings. The molecular weight excluding hydrogens is 989 g/mol. The number of hydrogen-bond donors (Lipinski definition) is 17. The van der Waals surface area contributed by atoms with E-state index in [-0.39, 0.29) is 41.9 Å². The van der Waals surface area contributed by atoms with Crippen LogP contribution in [0.15, 0.2) is 43.0 Å². The molecule has 0 unspecified atom stereocenters. The predicted molar refractivity (Wildman–Crippen MR) is 286 cm³/mol. The van der Waals surface area contributed by atoms with E-state index in [1.807, 2.05) is 46.9 Å². The van der Waals surface area contributed by atoms with E-state index in [2.05, 4.69) is 72.3 Å². The number of imidazole rings is 1. The summed E-state index contributed by atoms with van der Waals surface area (Å²) >= 11 is 0. The Kier molecular flexibility index (Phi) is 73.4. The number of carboxylic acids is 5. The smallest absolute Gasteiger partial charge is 0.428 e. The van der Waals surface area contributed by atoms with Gasteiger partial charge in [-0.3, -0.25) is 66.5 Å². The maximum atomic E-state index is 11.6. The van der Waals surface area contributed by atoms with Crippen molar-refractivity contribution in [2.24, 2.45) is 34.6 Å². The molecule has 1 aromatic carbocycles. The molecule has 434 valence electrons. The van der Waals surface area contributed by atoms with E-state index in [9.17, 15) is 19.2 Å². The molecule has 0 bridgehead atoms. The number of rotatable bonds is 12. The molecule has 0 spiro atoms. The van der Waals surface area contributed by atoms with Crippen LogP contribution < -0.4 is 55.2 Å². The van der Waals surface area contributed by atoms with Crippen molar-refractivity contribution in [1.29, 1.82) is 0 Å². The average Bonchev–Trinajstić information content (AvgIpc) is 3.91. The van der Waals surface area contributed by atoms with Crippen LogP contribution in [0.4, 0.5) is 4.79 Å². The molecule has 0 saturated heterocycles. The number of hydroxylamine groups is 1. The Balaban J connectivity index is -0.0000000979. The number of hydrogen-bond acceptors (Lipinski definition) is 12. The van der Waals surface area contributed by atoms with Crippen molar-refractivity contribution in [1.82, 2.24) is 30.6 Å². The number of carbonyl (C=O) groups excluding carboxylic acids is 4. The van der Waals surface area contributed by atoms with Crippen molar-refractivity contribution >= 4 is 76.4 Å². The van der Waals surface area contributed by atoms with E-state index in [1.54, 1.807) is 31.5 Å². The molecule has 0 aliphatic heterocycles. The van der Waals surface area contributed by atoms with Crippen LogP contribution in [0.5, 0.6) is 0 Å². The first kappa shape index (κ1) is 86.4. The van der Waals surface area contributed by atoms with Crippen LogP contribution in [0.3, 0.4) is 0 Å². The molecule has 3 amide bonds. The maximum Gasteiger partial charge on any atom is 0.428 e. The van der Waals surface area contributed by atoms with E-state index in [0.29, 0.717) is 32.5 Å². The van der Waals surface area contributed by atoms with Crippen LogP contribution in [0.25, 0.3) is 10.9 Å². The first-order valence-electron chi connectivity index (χ1n) is 22.7. The fourth-order valence-corrected chi connectivity index (χ4v) is 3.91. The number of quaternary nitrogens is 1. The van der Waals surface area contributed by atoms with Gasteiger partial charge >= 0.3 is 18.0 Å². The van der Waals surface area contributed by atoms with Gasteiger partial charge in [-0.25, -0.2) is 9.78 Å². The zero-order valence-corrected chi connectivity index (χ0v) is 46.6. The fraction of sp³-hybridized carbons (Fsp3) is 0.522. The summed E-state index contributed by atoms with van der Waals surface area (Å²) < 4.78 is 0. The zero-order chi connectivity index (χ0) is 61.1. The molecule has 2 aromatic heterocycles. The minimum atomic E-state index is -0.833. The standard InChI is InChI=1S/C14H27N3O4.C9H9N.C4H6N2.2C3H9N3.C2H5NO.5C2H4O2.CH5N/c1-5-17(6-2)14(20)21-16-9-7-8-12(10-11(3)18)13(19)15-4;1-7-6-10-9-5-3-2-4-8(7)9;1-4-2-5-3-6-4;2*1-2-6-3(4)5;6*1-2(3)4;1-2/h12,16H,5-10H2,1-4H3,(H,15,19);2-6,10H,1H3;2-3H,1H3,(H,5,6);2*2H2,1H3,(H4,4,5,6);1H3,(H2,3,4);5*1H3,(H,3,4);2H2,1H3/p+3/t12-;;;;;;;;;;;/m1.........../s1. The quantitative estimate of drug-likeness (QED) is 0.0396. The summed E-state index contributed by atoms with van der Waals surface area (Å²) in [6.07, 6.45) is 6.50. The number of nitrogens with zero attached hydrogens (tertiary/aromatic N) is 2. The largest absolute Gasteiger partial charge is 0.481 e. The number of H-pyrrole nitrogens is 2. The molecule has 1 atom stereocenters. The third kappa shape index (κ3) is 104. The van der Waals surface area contributed by atoms with Gasteiger partial charge in [-0.05, 0) is 72.9 Å². The van der Waals surface area contributed by atoms with Crippen molar-refractivity contribution < 1.29 is 89.2 Å². The molecule has 29 heteroatoms. The SMILES string of the molecule is CC(=O)O.CC(=O)O.CC(=O)O.CC(=O)O.CC(=O)O.CC(N)=O.CCN(CC)C(=O)ONCCC[C@H](CC(C)=O)C(=O)NC.CC[NH+]=C(N)N.CC[NH+]=C(N)N.C[NH3+].Cc1c[nH]c2ccccc12.Cc1cnc[nH]1. The van der Waals surface area contributed by atoms with Gasteiger partial charge in [0.05, 0.1) is 26.5 Å². The van der Waals surface area contributed by atoms with E-state index in [0.717, 1.165) is 53.4 Å². The second-order valence-electron chi connectivity index (χ2n) is 13.7. The van der Waals surface area contributed by atoms with Crippen LogP contribution in [0.2, 0.25) is 0 Å². The molecule has 24 N–H and O–H groups in total. The Morgan fingerprint density at radius 2 is 1.09 bits per heavy atom. The third-order valence-corrected chi connectivity index (χ3v) is 6.36. The van der Waals surface area contributed by atoms with Gasteiger partial charge in [0.15, 0.2) is 0 Å². The number of aliphatic carboxylic acids is 5. The lowest BCUT2D eigenvalue weighted by Crippen LogP contribution is -2.77. The van der Waals surface area contributed by atoms with Gasteiger partial charge in [0.25, 0.3) is 29.8 Å². The van der Waals surface area contributed by atoms with E-state index < -0.39 is 35.9 Å². The van der Waals surface area contributed by atoms with Crippen molar-refractivity contribution in [2.45, 2.75) is 109 Å². The predicted octanol–water partition coefficient (Wildman–Crippen LogP) is -2.19. The monoisotopic (exact) mass is 1080 g/mol. The lowest BCUT2D eigenvalue weighted by atomic mass is 9.96. The number of carboxylic acid groups (broad SMARTS) is 5. The average molecular weight is 1080 g/mol. The van der Waals surface area contributed by atoms with Gasteiger partial charge < -0.3 is 66.8 Å². The Labute approximate surface area is 440 Å². The number of benzene rings is 1. The molecule has 75 heavy (non-hydrogen) atoms. The zero-order valence-electron chi connectivity index (χ0n) is 46.6. The molecule has 0 radical (unpaired) electrons. The first-order valence-corrected chi connectivity index (χ1v) is 22.7. The topological polar surface area (TPSA) is 521 Å². The molecule has 3 rings (SSSR count). The Bertz CT molecular complexity index is 1830. The number of amides is 3. The summed E-state index contributed by atoms with van der Waals surface area (Å²) in [5.74, 6) is -4.39. The Morgan fingerprint density at radius 1 is 0.707 bits per heavy atom. The number of carbonyl (C=O) groups is 9. The number of ketones is 1. The van der Waals surface area contributed by atoms with Crippen LogP contribution in [0, 0.1) is 19.8 Å². The van der Waals surface area contributed by atoms with Crippen LogP contribution >= 0.6 is 0 Å². The number of guanidine groups is 2. The van der Waals surface area contributed by atoms with Gasteiger partial charge in [0.1, 0.15) is 5.78 Å². The van der Waals surface area contributed by atoms with Crippen molar-refractivity contribution in [3.8, 4) is 0 Å². The fourth-order valence-electron chi connectivity index (χ4n) is 3.91. The van der Waals surface area contributed by atoms with E-state index in [1.165, 1.54) is 30.3 Å². The number of primary amides is 1. The van der Waals surface area contributed by atoms with Gasteiger partial charge in [-0.1, -0.05) is 18.2 Å². The molecule has 0 fully saturated rings. The van der Waals surface area contributed by atoms with E-state index >= 15 is 0 Å². The molecule has 29 nitrogen and oxygen atoms in total. The summed E-state index contributed by atoms with van der Waals surface area (Å²) in [4.78, 5) is 110. The number of aromatic amines is 2.